The van der Waals surface area contributed by atoms with E-state index >= 15 is 0 Å². The first-order valence-corrected chi connectivity index (χ1v) is 9.44. The van der Waals surface area contributed by atoms with Crippen LogP contribution in [0, 0.1) is 6.92 Å². The van der Waals surface area contributed by atoms with Gasteiger partial charge in [-0.1, -0.05) is 72.3 Å². The lowest BCUT2D eigenvalue weighted by molar-refractivity contribution is 0.266. The maximum Gasteiger partial charge on any atom is 0.166 e. The van der Waals surface area contributed by atoms with Gasteiger partial charge in [0.25, 0.3) is 0 Å². The highest BCUT2D eigenvalue weighted by Crippen LogP contribution is 2.32. The van der Waals surface area contributed by atoms with E-state index in [0.717, 1.165) is 35.7 Å². The zero-order valence-electron chi connectivity index (χ0n) is 16.5. The molecule has 0 bridgehead atoms. The molecule has 0 heterocycles. The molecule has 0 saturated heterocycles. The summed E-state index contributed by atoms with van der Waals surface area (Å²) in [6.07, 6.45) is 0. The molecule has 3 aromatic rings. The van der Waals surface area contributed by atoms with Crippen molar-refractivity contribution >= 4 is 12.4 Å². The molecule has 3 rings (SSSR count). The Morgan fingerprint density at radius 2 is 1.50 bits per heavy atom. The number of para-hydroxylation sites is 1. The normalized spacial score (nSPS) is 10.2. The lowest BCUT2D eigenvalue weighted by Gasteiger charge is -2.16. The van der Waals surface area contributed by atoms with Crippen LogP contribution >= 0.6 is 12.4 Å². The second-order valence-corrected chi connectivity index (χ2v) is 6.54. The Morgan fingerprint density at radius 1 is 0.750 bits per heavy atom. The van der Waals surface area contributed by atoms with Crippen LogP contribution in [0.4, 0.5) is 0 Å². The summed E-state index contributed by atoms with van der Waals surface area (Å²) in [5, 5.41) is 3.50. The smallest absolute Gasteiger partial charge is 0.166 e. The summed E-state index contributed by atoms with van der Waals surface area (Å²) in [5.74, 6) is 1.61. The first-order valence-electron chi connectivity index (χ1n) is 9.44. The van der Waals surface area contributed by atoms with Gasteiger partial charge in [-0.2, -0.15) is 0 Å². The van der Waals surface area contributed by atoms with Gasteiger partial charge in [0.2, 0.25) is 0 Å². The van der Waals surface area contributed by atoms with E-state index in [9.17, 15) is 0 Å². The highest BCUT2D eigenvalue weighted by Gasteiger charge is 2.11. The van der Waals surface area contributed by atoms with E-state index in [1.54, 1.807) is 0 Å². The van der Waals surface area contributed by atoms with Crippen LogP contribution in [0.3, 0.4) is 0 Å². The van der Waals surface area contributed by atoms with Crippen LogP contribution in [0.1, 0.15) is 29.2 Å². The lowest BCUT2D eigenvalue weighted by Crippen LogP contribution is -2.14. The third-order valence-electron chi connectivity index (χ3n) is 4.35. The Balaban J connectivity index is 0.00000280. The Bertz CT molecular complexity index is 835. The molecule has 0 aliphatic carbocycles. The van der Waals surface area contributed by atoms with Crippen LogP contribution in [0.15, 0.2) is 72.8 Å². The van der Waals surface area contributed by atoms with Crippen molar-refractivity contribution in [3.05, 3.63) is 95.1 Å². The van der Waals surface area contributed by atoms with Crippen LogP contribution in [-0.2, 0) is 19.7 Å². The van der Waals surface area contributed by atoms with Crippen LogP contribution in [-0.4, -0.2) is 6.61 Å². The monoisotopic (exact) mass is 397 g/mol. The molecule has 0 aliphatic heterocycles. The van der Waals surface area contributed by atoms with E-state index in [4.69, 9.17) is 9.47 Å². The highest BCUT2D eigenvalue weighted by molar-refractivity contribution is 5.85. The molecule has 0 atom stereocenters. The zero-order chi connectivity index (χ0) is 18.9. The third kappa shape index (κ3) is 6.29. The van der Waals surface area contributed by atoms with Crippen molar-refractivity contribution < 1.29 is 9.47 Å². The predicted molar refractivity (Wildman–Crippen MR) is 117 cm³/mol. The fourth-order valence-corrected chi connectivity index (χ4v) is 2.91. The van der Waals surface area contributed by atoms with Crippen molar-refractivity contribution in [2.24, 2.45) is 0 Å². The average molecular weight is 398 g/mol. The molecule has 4 heteroatoms. The van der Waals surface area contributed by atoms with Gasteiger partial charge in [0.1, 0.15) is 6.61 Å². The second kappa shape index (κ2) is 11.4. The van der Waals surface area contributed by atoms with Crippen molar-refractivity contribution in [1.29, 1.82) is 0 Å². The summed E-state index contributed by atoms with van der Waals surface area (Å²) in [5.41, 5.74) is 4.76. The molecule has 0 fully saturated rings. The van der Waals surface area contributed by atoms with Crippen LogP contribution < -0.4 is 14.8 Å². The molecule has 0 spiro atoms. The van der Waals surface area contributed by atoms with E-state index in [-0.39, 0.29) is 12.4 Å². The van der Waals surface area contributed by atoms with Crippen molar-refractivity contribution in [3.8, 4) is 11.5 Å². The molecule has 148 valence electrons. The Kier molecular flexibility index (Phi) is 8.86. The standard InChI is InChI=1S/C24H27NO2.ClH/c1-3-26-23-11-7-10-22(17-25-16-20-8-5-4-6-9-20)24(23)27-18-21-14-12-19(2)13-15-21;/h4-15,25H,3,16-18H2,1-2H3;1H. The number of hydrogen-bond donors (Lipinski definition) is 1. The van der Waals surface area contributed by atoms with E-state index < -0.39 is 0 Å². The minimum atomic E-state index is 0. The molecule has 0 aliphatic rings. The number of rotatable bonds is 9. The highest BCUT2D eigenvalue weighted by atomic mass is 35.5. The number of ether oxygens (including phenoxy) is 2. The molecule has 3 nitrogen and oxygen atoms in total. The largest absolute Gasteiger partial charge is 0.490 e. The summed E-state index contributed by atoms with van der Waals surface area (Å²) in [6.45, 7) is 6.75. The van der Waals surface area contributed by atoms with Gasteiger partial charge in [-0.3, -0.25) is 0 Å². The molecule has 3 aromatic carbocycles. The molecule has 1 N–H and O–H groups in total. The van der Waals surface area contributed by atoms with Gasteiger partial charge >= 0.3 is 0 Å². The van der Waals surface area contributed by atoms with Gasteiger partial charge in [0, 0.05) is 18.7 Å². The summed E-state index contributed by atoms with van der Waals surface area (Å²) >= 11 is 0. The first kappa shape index (κ1) is 21.8. The number of halogens is 1. The Morgan fingerprint density at radius 3 is 2.21 bits per heavy atom. The van der Waals surface area contributed by atoms with E-state index in [0.29, 0.717) is 13.2 Å². The van der Waals surface area contributed by atoms with Crippen LogP contribution in [0.25, 0.3) is 0 Å². The van der Waals surface area contributed by atoms with E-state index in [1.807, 2.05) is 25.1 Å². The second-order valence-electron chi connectivity index (χ2n) is 6.54. The Labute approximate surface area is 174 Å². The van der Waals surface area contributed by atoms with Gasteiger partial charge in [0.05, 0.1) is 6.61 Å². The van der Waals surface area contributed by atoms with Crippen LogP contribution in [0.2, 0.25) is 0 Å². The van der Waals surface area contributed by atoms with Gasteiger partial charge in [-0.05, 0) is 31.0 Å². The van der Waals surface area contributed by atoms with Crippen molar-refractivity contribution in [2.45, 2.75) is 33.5 Å². The Hall–Kier alpha value is -2.49. The van der Waals surface area contributed by atoms with Crippen LogP contribution in [0.5, 0.6) is 11.5 Å². The van der Waals surface area contributed by atoms with Crippen molar-refractivity contribution in [1.82, 2.24) is 5.32 Å². The van der Waals surface area contributed by atoms with Gasteiger partial charge in [-0.15, -0.1) is 12.4 Å². The molecule has 0 amide bonds. The number of hydrogen-bond acceptors (Lipinski definition) is 3. The molecule has 0 aromatic heterocycles. The van der Waals surface area contributed by atoms with E-state index in [1.165, 1.54) is 11.1 Å². The first-order chi connectivity index (χ1) is 13.3. The zero-order valence-corrected chi connectivity index (χ0v) is 17.3. The van der Waals surface area contributed by atoms with Crippen molar-refractivity contribution in [2.75, 3.05) is 6.61 Å². The minimum Gasteiger partial charge on any atom is -0.490 e. The topological polar surface area (TPSA) is 30.5 Å². The molecule has 0 saturated carbocycles. The van der Waals surface area contributed by atoms with Gasteiger partial charge in [0.15, 0.2) is 11.5 Å². The number of nitrogens with one attached hydrogen (secondary N) is 1. The van der Waals surface area contributed by atoms with Crippen molar-refractivity contribution in [3.63, 3.8) is 0 Å². The predicted octanol–water partition coefficient (Wildman–Crippen LogP) is 5.68. The summed E-state index contributed by atoms with van der Waals surface area (Å²) < 4.78 is 12.0. The fraction of sp³-hybridized carbons (Fsp3) is 0.250. The third-order valence-corrected chi connectivity index (χ3v) is 4.35. The molecule has 0 unspecified atom stereocenters. The molecule has 28 heavy (non-hydrogen) atoms. The summed E-state index contributed by atoms with van der Waals surface area (Å²) in [4.78, 5) is 0. The average Bonchev–Trinajstić information content (AvgIpc) is 2.70. The summed E-state index contributed by atoms with van der Waals surface area (Å²) in [6, 6.07) is 24.9. The van der Waals surface area contributed by atoms with E-state index in [2.05, 4.69) is 66.8 Å². The molecular weight excluding hydrogens is 370 g/mol. The van der Waals surface area contributed by atoms with Gasteiger partial charge < -0.3 is 14.8 Å². The fourth-order valence-electron chi connectivity index (χ4n) is 2.91. The van der Waals surface area contributed by atoms with Gasteiger partial charge in [-0.25, -0.2) is 0 Å². The number of aryl methyl sites for hydroxylation is 1. The SMILES string of the molecule is CCOc1cccc(CNCc2ccccc2)c1OCc1ccc(C)cc1.Cl. The molecule has 0 radical (unpaired) electrons. The lowest BCUT2D eigenvalue weighted by atomic mass is 10.1. The maximum atomic E-state index is 6.18. The quantitative estimate of drug-likeness (QED) is 0.503. The molecular formula is C24H28ClNO2. The minimum absolute atomic E-state index is 0. The maximum absolute atomic E-state index is 6.18. The summed E-state index contributed by atoms with van der Waals surface area (Å²) in [7, 11) is 0. The number of benzene rings is 3.